The molecule has 2 aliphatic rings. The van der Waals surface area contributed by atoms with E-state index in [1.807, 2.05) is 0 Å². The lowest BCUT2D eigenvalue weighted by molar-refractivity contribution is -0.145. The van der Waals surface area contributed by atoms with Crippen LogP contribution >= 0.6 is 0 Å². The normalized spacial score (nSPS) is 25.9. The van der Waals surface area contributed by atoms with Crippen LogP contribution in [0.3, 0.4) is 0 Å². The van der Waals surface area contributed by atoms with Crippen LogP contribution in [0.25, 0.3) is 0 Å². The Kier molecular flexibility index (Phi) is 5.21. The van der Waals surface area contributed by atoms with Gasteiger partial charge < -0.3 is 15.3 Å². The fourth-order valence-electron chi connectivity index (χ4n) is 2.90. The van der Waals surface area contributed by atoms with E-state index in [1.54, 1.807) is 4.90 Å². The second kappa shape index (κ2) is 6.74. The van der Waals surface area contributed by atoms with Gasteiger partial charge in [0.25, 0.3) is 0 Å². The molecular weight excluding hydrogens is 296 g/mol. The highest BCUT2D eigenvalue weighted by molar-refractivity contribution is 7.91. The maximum Gasteiger partial charge on any atom is 0.306 e. The lowest BCUT2D eigenvalue weighted by Crippen LogP contribution is -2.44. The van der Waals surface area contributed by atoms with Gasteiger partial charge in [0.05, 0.1) is 24.0 Å². The lowest BCUT2D eigenvalue weighted by Gasteiger charge is -2.30. The predicted molar refractivity (Wildman–Crippen MR) is 76.6 cm³/mol. The Hall–Kier alpha value is -1.15. The summed E-state index contributed by atoms with van der Waals surface area (Å²) in [5.74, 6) is -0.623. The molecular formula is C13H22N2O5S. The van der Waals surface area contributed by atoms with Crippen molar-refractivity contribution in [3.63, 3.8) is 0 Å². The summed E-state index contributed by atoms with van der Waals surface area (Å²) in [5, 5.41) is 11.9. The Morgan fingerprint density at radius 2 is 1.86 bits per heavy atom. The first-order valence-electron chi connectivity index (χ1n) is 7.29. The summed E-state index contributed by atoms with van der Waals surface area (Å²) in [6.45, 7) is 1.69. The van der Waals surface area contributed by atoms with Crippen molar-refractivity contribution in [3.8, 4) is 0 Å². The monoisotopic (exact) mass is 318 g/mol. The summed E-state index contributed by atoms with van der Waals surface area (Å²) in [6.07, 6.45) is 1.66. The third kappa shape index (κ3) is 4.67. The average molecular weight is 318 g/mol. The van der Waals surface area contributed by atoms with Gasteiger partial charge in [-0.2, -0.15) is 0 Å². The molecule has 0 aromatic heterocycles. The fraction of sp³-hybridized carbons (Fsp3) is 0.846. The number of nitrogens with zero attached hydrogens (tertiary/aromatic N) is 1. The zero-order valence-electron chi connectivity index (χ0n) is 12.0. The van der Waals surface area contributed by atoms with Gasteiger partial charge in [-0.05, 0) is 31.7 Å². The molecule has 0 aliphatic carbocycles. The van der Waals surface area contributed by atoms with Gasteiger partial charge in [-0.3, -0.25) is 9.59 Å². The minimum atomic E-state index is -2.87. The number of hydrogen-bond acceptors (Lipinski definition) is 5. The number of carboxylic acid groups (broad SMARTS) is 1. The van der Waals surface area contributed by atoms with Crippen LogP contribution in [-0.2, 0) is 19.4 Å². The van der Waals surface area contributed by atoms with Gasteiger partial charge in [0.15, 0.2) is 9.84 Å². The largest absolute Gasteiger partial charge is 0.481 e. The highest BCUT2D eigenvalue weighted by Gasteiger charge is 2.29. The summed E-state index contributed by atoms with van der Waals surface area (Å²) in [4.78, 5) is 24.5. The number of carbonyl (C=O) groups excluding carboxylic acids is 1. The molecule has 1 amide bonds. The Labute approximate surface area is 124 Å². The van der Waals surface area contributed by atoms with Crippen molar-refractivity contribution in [2.24, 2.45) is 11.8 Å². The van der Waals surface area contributed by atoms with Crippen LogP contribution in [0.15, 0.2) is 0 Å². The zero-order valence-corrected chi connectivity index (χ0v) is 12.8. The molecule has 21 heavy (non-hydrogen) atoms. The summed E-state index contributed by atoms with van der Waals surface area (Å²) in [6, 6.07) is 0. The maximum absolute atomic E-state index is 12.0. The average Bonchev–Trinajstić information content (AvgIpc) is 2.78. The molecule has 1 atom stereocenters. The third-order valence-electron chi connectivity index (χ3n) is 4.23. The molecule has 0 radical (unpaired) electrons. The SMILES string of the molecule is O=C(O)C1CCN(C(=O)CNCC2CCS(=O)(=O)C2)CC1. The zero-order chi connectivity index (χ0) is 15.5. The molecule has 2 aliphatic heterocycles. The molecule has 2 rings (SSSR count). The number of hydrogen-bond donors (Lipinski definition) is 2. The number of carboxylic acids is 1. The van der Waals surface area contributed by atoms with Gasteiger partial charge in [-0.15, -0.1) is 0 Å². The molecule has 0 bridgehead atoms. The van der Waals surface area contributed by atoms with E-state index in [-0.39, 0.29) is 35.8 Å². The predicted octanol–water partition coefficient (Wildman–Crippen LogP) is -0.666. The number of aliphatic carboxylic acids is 1. The van der Waals surface area contributed by atoms with Crippen LogP contribution in [-0.4, -0.2) is 68.0 Å². The topological polar surface area (TPSA) is 104 Å². The second-order valence-corrected chi connectivity index (χ2v) is 8.12. The number of likely N-dealkylation sites (tertiary alicyclic amines) is 1. The first-order chi connectivity index (χ1) is 9.87. The standard InChI is InChI=1S/C13H22N2O5S/c16-12(15-4-1-11(2-5-15)13(17)18)8-14-7-10-3-6-21(19,20)9-10/h10-11,14H,1-9H2,(H,17,18). The lowest BCUT2D eigenvalue weighted by atomic mass is 9.97. The van der Waals surface area contributed by atoms with Crippen molar-refractivity contribution in [2.75, 3.05) is 37.7 Å². The van der Waals surface area contributed by atoms with Crippen molar-refractivity contribution in [1.29, 1.82) is 0 Å². The molecule has 7 nitrogen and oxygen atoms in total. The van der Waals surface area contributed by atoms with E-state index in [2.05, 4.69) is 5.32 Å². The number of carbonyl (C=O) groups is 2. The number of amides is 1. The summed E-state index contributed by atoms with van der Waals surface area (Å²) < 4.78 is 22.6. The number of nitrogens with one attached hydrogen (secondary N) is 1. The van der Waals surface area contributed by atoms with Gasteiger partial charge in [-0.1, -0.05) is 0 Å². The molecule has 0 spiro atoms. The molecule has 2 fully saturated rings. The Balaban J connectivity index is 1.65. The third-order valence-corrected chi connectivity index (χ3v) is 6.07. The van der Waals surface area contributed by atoms with Crippen LogP contribution in [0.1, 0.15) is 19.3 Å². The van der Waals surface area contributed by atoms with Gasteiger partial charge >= 0.3 is 5.97 Å². The molecule has 0 aromatic rings. The number of piperidine rings is 1. The van der Waals surface area contributed by atoms with Gasteiger partial charge in [-0.25, -0.2) is 8.42 Å². The van der Waals surface area contributed by atoms with Crippen molar-refractivity contribution < 1.29 is 23.1 Å². The molecule has 0 saturated carbocycles. The molecule has 2 heterocycles. The van der Waals surface area contributed by atoms with Crippen LogP contribution in [0.5, 0.6) is 0 Å². The molecule has 120 valence electrons. The van der Waals surface area contributed by atoms with Gasteiger partial charge in [0.2, 0.25) is 5.91 Å². The highest BCUT2D eigenvalue weighted by atomic mass is 32.2. The van der Waals surface area contributed by atoms with E-state index in [0.29, 0.717) is 38.9 Å². The number of rotatable bonds is 5. The van der Waals surface area contributed by atoms with Crippen LogP contribution in [0.2, 0.25) is 0 Å². The maximum atomic E-state index is 12.0. The van der Waals surface area contributed by atoms with Crippen molar-refractivity contribution >= 4 is 21.7 Å². The molecule has 8 heteroatoms. The van der Waals surface area contributed by atoms with E-state index >= 15 is 0 Å². The second-order valence-electron chi connectivity index (χ2n) is 5.89. The van der Waals surface area contributed by atoms with E-state index in [9.17, 15) is 18.0 Å². The first-order valence-corrected chi connectivity index (χ1v) is 9.11. The quantitative estimate of drug-likeness (QED) is 0.697. The van der Waals surface area contributed by atoms with E-state index < -0.39 is 15.8 Å². The summed E-state index contributed by atoms with van der Waals surface area (Å²) in [7, 11) is -2.87. The van der Waals surface area contributed by atoms with Gasteiger partial charge in [0, 0.05) is 13.1 Å². The van der Waals surface area contributed by atoms with Gasteiger partial charge in [0.1, 0.15) is 0 Å². The smallest absolute Gasteiger partial charge is 0.306 e. The van der Waals surface area contributed by atoms with Crippen molar-refractivity contribution in [3.05, 3.63) is 0 Å². The molecule has 2 N–H and O–H groups in total. The first kappa shape index (κ1) is 16.2. The minimum absolute atomic E-state index is 0.0420. The number of sulfone groups is 1. The molecule has 1 unspecified atom stereocenters. The van der Waals surface area contributed by atoms with Crippen LogP contribution < -0.4 is 5.32 Å². The fourth-order valence-corrected chi connectivity index (χ4v) is 4.77. The van der Waals surface area contributed by atoms with E-state index in [4.69, 9.17) is 5.11 Å². The Bertz CT molecular complexity index is 497. The van der Waals surface area contributed by atoms with Crippen LogP contribution in [0, 0.1) is 11.8 Å². The van der Waals surface area contributed by atoms with Crippen LogP contribution in [0.4, 0.5) is 0 Å². The molecule has 2 saturated heterocycles. The Morgan fingerprint density at radius 3 is 2.38 bits per heavy atom. The minimum Gasteiger partial charge on any atom is -0.481 e. The van der Waals surface area contributed by atoms with E-state index in [1.165, 1.54) is 0 Å². The Morgan fingerprint density at radius 1 is 1.19 bits per heavy atom. The van der Waals surface area contributed by atoms with Crippen molar-refractivity contribution in [1.82, 2.24) is 10.2 Å². The molecule has 0 aromatic carbocycles. The summed E-state index contributed by atoms with van der Waals surface area (Å²) >= 11 is 0. The van der Waals surface area contributed by atoms with Crippen molar-refractivity contribution in [2.45, 2.75) is 19.3 Å². The summed E-state index contributed by atoms with van der Waals surface area (Å²) in [5.41, 5.74) is 0. The highest BCUT2D eigenvalue weighted by Crippen LogP contribution is 2.18. The van der Waals surface area contributed by atoms with E-state index in [0.717, 1.165) is 0 Å².